The Hall–Kier alpha value is -0.240. The summed E-state index contributed by atoms with van der Waals surface area (Å²) in [6.45, 7) is 7.89. The zero-order valence-corrected chi connectivity index (χ0v) is 8.82. The second-order valence-corrected chi connectivity index (χ2v) is 4.32. The van der Waals surface area contributed by atoms with Crippen molar-refractivity contribution in [1.29, 1.82) is 0 Å². The van der Waals surface area contributed by atoms with E-state index < -0.39 is 0 Å². The first-order valence-electron chi connectivity index (χ1n) is 4.44. The van der Waals surface area contributed by atoms with E-state index in [0.29, 0.717) is 23.2 Å². The molecule has 0 radical (unpaired) electrons. The zero-order valence-electron chi connectivity index (χ0n) is 8.01. The van der Waals surface area contributed by atoms with Crippen LogP contribution in [0.25, 0.3) is 0 Å². The lowest BCUT2D eigenvalue weighted by Gasteiger charge is -2.06. The molecular formula is C10H18OS. The molecule has 0 rings (SSSR count). The van der Waals surface area contributed by atoms with Gasteiger partial charge in [-0.1, -0.05) is 19.9 Å². The number of carbonyl (C=O) groups excluding carboxylic acids is 1. The number of allylic oxidation sites excluding steroid dienone is 1. The Bertz CT molecular complexity index is 143. The third kappa shape index (κ3) is 6.47. The predicted molar refractivity (Wildman–Crippen MR) is 56.6 cm³/mol. The second-order valence-electron chi connectivity index (χ2n) is 2.90. The molecule has 0 N–H and O–H groups in total. The monoisotopic (exact) mass is 186 g/mol. The summed E-state index contributed by atoms with van der Waals surface area (Å²) in [6, 6.07) is 0. The van der Waals surface area contributed by atoms with Crippen molar-refractivity contribution >= 4 is 17.5 Å². The minimum absolute atomic E-state index is 0.347. The lowest BCUT2D eigenvalue weighted by atomic mass is 10.2. The standard InChI is InChI=1S/C10H18OS/c1-4-6-7-10(11)8-12-9(3)5-2/h4,9H,1,5-8H2,2-3H3. The van der Waals surface area contributed by atoms with Crippen LogP contribution in [0.3, 0.4) is 0 Å². The van der Waals surface area contributed by atoms with Gasteiger partial charge in [0.15, 0.2) is 0 Å². The van der Waals surface area contributed by atoms with Crippen LogP contribution in [-0.2, 0) is 4.79 Å². The maximum absolute atomic E-state index is 11.2. The number of ketones is 1. The molecule has 0 aliphatic heterocycles. The summed E-state index contributed by atoms with van der Waals surface area (Å²) >= 11 is 1.75. The number of carbonyl (C=O) groups is 1. The van der Waals surface area contributed by atoms with E-state index in [0.717, 1.165) is 12.8 Å². The van der Waals surface area contributed by atoms with Crippen molar-refractivity contribution < 1.29 is 4.79 Å². The van der Waals surface area contributed by atoms with Gasteiger partial charge in [-0.25, -0.2) is 0 Å². The van der Waals surface area contributed by atoms with E-state index in [4.69, 9.17) is 0 Å². The van der Waals surface area contributed by atoms with Gasteiger partial charge in [0.2, 0.25) is 0 Å². The van der Waals surface area contributed by atoms with Crippen molar-refractivity contribution in [2.24, 2.45) is 0 Å². The Balaban J connectivity index is 3.36. The molecular weight excluding hydrogens is 168 g/mol. The van der Waals surface area contributed by atoms with Crippen LogP contribution in [0.15, 0.2) is 12.7 Å². The average molecular weight is 186 g/mol. The Morgan fingerprint density at radius 3 is 2.83 bits per heavy atom. The molecule has 0 aliphatic carbocycles. The molecule has 0 heterocycles. The summed E-state index contributed by atoms with van der Waals surface area (Å²) in [5.41, 5.74) is 0. The van der Waals surface area contributed by atoms with Crippen LogP contribution >= 0.6 is 11.8 Å². The molecule has 0 spiro atoms. The smallest absolute Gasteiger partial charge is 0.143 e. The van der Waals surface area contributed by atoms with Crippen molar-refractivity contribution in [3.63, 3.8) is 0 Å². The van der Waals surface area contributed by atoms with Gasteiger partial charge in [-0.15, -0.1) is 6.58 Å². The van der Waals surface area contributed by atoms with Crippen LogP contribution in [0.2, 0.25) is 0 Å². The van der Waals surface area contributed by atoms with E-state index in [1.54, 1.807) is 17.8 Å². The van der Waals surface area contributed by atoms with E-state index in [-0.39, 0.29) is 0 Å². The maximum atomic E-state index is 11.2. The van der Waals surface area contributed by atoms with Crippen LogP contribution < -0.4 is 0 Å². The molecule has 2 heteroatoms. The molecule has 0 aromatic heterocycles. The third-order valence-electron chi connectivity index (χ3n) is 1.73. The highest BCUT2D eigenvalue weighted by molar-refractivity contribution is 8.00. The van der Waals surface area contributed by atoms with Gasteiger partial charge in [0, 0.05) is 11.7 Å². The highest BCUT2D eigenvalue weighted by Gasteiger charge is 2.04. The number of rotatable bonds is 7. The van der Waals surface area contributed by atoms with Crippen molar-refractivity contribution in [3.05, 3.63) is 12.7 Å². The fourth-order valence-corrected chi connectivity index (χ4v) is 1.54. The average Bonchev–Trinajstić information content (AvgIpc) is 2.10. The minimum atomic E-state index is 0.347. The predicted octanol–water partition coefficient (Wildman–Crippen LogP) is 3.05. The van der Waals surface area contributed by atoms with Crippen LogP contribution in [0, 0.1) is 0 Å². The van der Waals surface area contributed by atoms with Gasteiger partial charge < -0.3 is 0 Å². The number of hydrogen-bond donors (Lipinski definition) is 0. The molecule has 12 heavy (non-hydrogen) atoms. The molecule has 0 fully saturated rings. The van der Waals surface area contributed by atoms with Crippen LogP contribution in [0.5, 0.6) is 0 Å². The van der Waals surface area contributed by atoms with E-state index >= 15 is 0 Å². The number of hydrogen-bond acceptors (Lipinski definition) is 2. The molecule has 1 atom stereocenters. The lowest BCUT2D eigenvalue weighted by molar-refractivity contribution is -0.116. The van der Waals surface area contributed by atoms with E-state index in [9.17, 15) is 4.79 Å². The Labute approximate surface area is 79.6 Å². The molecule has 0 saturated carbocycles. The van der Waals surface area contributed by atoms with Crippen molar-refractivity contribution in [2.45, 2.75) is 38.4 Å². The minimum Gasteiger partial charge on any atom is -0.299 e. The van der Waals surface area contributed by atoms with Crippen molar-refractivity contribution in [1.82, 2.24) is 0 Å². The lowest BCUT2D eigenvalue weighted by Crippen LogP contribution is -2.04. The SMILES string of the molecule is C=CCCC(=O)CSC(C)CC. The summed E-state index contributed by atoms with van der Waals surface area (Å²) in [7, 11) is 0. The van der Waals surface area contributed by atoms with Crippen LogP contribution in [0.1, 0.15) is 33.1 Å². The summed E-state index contributed by atoms with van der Waals surface area (Å²) in [6.07, 6.45) is 4.41. The zero-order chi connectivity index (χ0) is 9.40. The van der Waals surface area contributed by atoms with E-state index in [1.807, 2.05) is 0 Å². The van der Waals surface area contributed by atoms with Gasteiger partial charge in [0.1, 0.15) is 5.78 Å². The summed E-state index contributed by atoms with van der Waals surface area (Å²) in [4.78, 5) is 11.2. The first-order valence-corrected chi connectivity index (χ1v) is 5.49. The summed E-state index contributed by atoms with van der Waals surface area (Å²) in [5.74, 6) is 1.02. The number of thioether (sulfide) groups is 1. The first-order chi connectivity index (χ1) is 5.70. The normalized spacial score (nSPS) is 12.5. The largest absolute Gasteiger partial charge is 0.299 e. The first kappa shape index (κ1) is 11.8. The third-order valence-corrected chi connectivity index (χ3v) is 3.12. The molecule has 0 aromatic carbocycles. The van der Waals surface area contributed by atoms with Crippen LogP contribution in [-0.4, -0.2) is 16.8 Å². The fourth-order valence-electron chi connectivity index (χ4n) is 0.688. The fraction of sp³-hybridized carbons (Fsp3) is 0.700. The topological polar surface area (TPSA) is 17.1 Å². The molecule has 0 amide bonds. The Morgan fingerprint density at radius 1 is 1.67 bits per heavy atom. The quantitative estimate of drug-likeness (QED) is 0.568. The highest BCUT2D eigenvalue weighted by Crippen LogP contribution is 2.14. The van der Waals surface area contributed by atoms with Gasteiger partial charge in [0.05, 0.1) is 5.75 Å². The Kier molecular flexibility index (Phi) is 7.26. The van der Waals surface area contributed by atoms with E-state index in [2.05, 4.69) is 20.4 Å². The van der Waals surface area contributed by atoms with Gasteiger partial charge in [0.25, 0.3) is 0 Å². The van der Waals surface area contributed by atoms with Crippen molar-refractivity contribution in [2.75, 3.05) is 5.75 Å². The number of Topliss-reactive ketones (excluding diaryl/α,β-unsaturated/α-hetero) is 1. The molecule has 0 aromatic rings. The molecule has 0 saturated heterocycles. The van der Waals surface area contributed by atoms with E-state index in [1.165, 1.54) is 0 Å². The van der Waals surface area contributed by atoms with Gasteiger partial charge in [-0.05, 0) is 12.8 Å². The van der Waals surface area contributed by atoms with Gasteiger partial charge in [-0.2, -0.15) is 11.8 Å². The maximum Gasteiger partial charge on any atom is 0.143 e. The Morgan fingerprint density at radius 2 is 2.33 bits per heavy atom. The van der Waals surface area contributed by atoms with Gasteiger partial charge in [-0.3, -0.25) is 4.79 Å². The second kappa shape index (κ2) is 7.41. The highest BCUT2D eigenvalue weighted by atomic mass is 32.2. The van der Waals surface area contributed by atoms with Crippen LogP contribution in [0.4, 0.5) is 0 Å². The molecule has 1 unspecified atom stereocenters. The summed E-state index contributed by atoms with van der Waals surface area (Å²) < 4.78 is 0. The molecule has 0 aliphatic rings. The summed E-state index contributed by atoms with van der Waals surface area (Å²) in [5, 5.41) is 0.609. The molecule has 0 bridgehead atoms. The van der Waals surface area contributed by atoms with Crippen molar-refractivity contribution in [3.8, 4) is 0 Å². The molecule has 1 nitrogen and oxygen atoms in total. The molecule has 70 valence electrons. The van der Waals surface area contributed by atoms with Gasteiger partial charge >= 0.3 is 0 Å².